The van der Waals surface area contributed by atoms with Crippen molar-refractivity contribution in [2.45, 2.75) is 40.5 Å². The molecule has 0 heterocycles. The Labute approximate surface area is 75.3 Å². The Morgan fingerprint density at radius 3 is 2.50 bits per heavy atom. The van der Waals surface area contributed by atoms with E-state index < -0.39 is 0 Å². The Kier molecular flexibility index (Phi) is 4.95. The van der Waals surface area contributed by atoms with Gasteiger partial charge >= 0.3 is 0 Å². The molecule has 72 valence electrons. The molecule has 0 aliphatic heterocycles. The van der Waals surface area contributed by atoms with Gasteiger partial charge in [-0.3, -0.25) is 4.79 Å². The zero-order valence-electron chi connectivity index (χ0n) is 8.59. The van der Waals surface area contributed by atoms with Crippen molar-refractivity contribution in [2.75, 3.05) is 6.61 Å². The molecule has 0 saturated heterocycles. The number of carbonyl (C=O) groups is 1. The summed E-state index contributed by atoms with van der Waals surface area (Å²) in [5.41, 5.74) is 0.276. The van der Waals surface area contributed by atoms with Gasteiger partial charge in [0.25, 0.3) is 6.47 Å². The van der Waals surface area contributed by atoms with Gasteiger partial charge in [0.05, 0.1) is 6.61 Å². The molecule has 0 bridgehead atoms. The van der Waals surface area contributed by atoms with E-state index in [0.29, 0.717) is 19.0 Å². The van der Waals surface area contributed by atoms with Crippen LogP contribution in [0.25, 0.3) is 0 Å². The maximum absolute atomic E-state index is 9.97. The second-order valence-corrected chi connectivity index (χ2v) is 4.07. The van der Waals surface area contributed by atoms with Crippen molar-refractivity contribution in [3.05, 3.63) is 0 Å². The lowest BCUT2D eigenvalue weighted by Crippen LogP contribution is -2.25. The van der Waals surface area contributed by atoms with Crippen LogP contribution in [-0.2, 0) is 9.53 Å². The maximum Gasteiger partial charge on any atom is 0.293 e. The van der Waals surface area contributed by atoms with Gasteiger partial charge in [-0.15, -0.1) is 0 Å². The molecule has 12 heavy (non-hydrogen) atoms. The van der Waals surface area contributed by atoms with Crippen LogP contribution >= 0.6 is 0 Å². The lowest BCUT2D eigenvalue weighted by molar-refractivity contribution is -0.130. The molecule has 0 aromatic rings. The van der Waals surface area contributed by atoms with Crippen molar-refractivity contribution in [3.63, 3.8) is 0 Å². The van der Waals surface area contributed by atoms with E-state index in [9.17, 15) is 4.79 Å². The van der Waals surface area contributed by atoms with Crippen LogP contribution in [0.3, 0.4) is 0 Å². The number of carbonyl (C=O) groups excluding carboxylic acids is 1. The standard InChI is InChI=1S/C10H20O2/c1-5-6-10(3,4)9(2)7-12-8-11/h8-9H,5-7H2,1-4H3. The van der Waals surface area contributed by atoms with Crippen LogP contribution in [0.15, 0.2) is 0 Å². The molecule has 0 amide bonds. The minimum Gasteiger partial charge on any atom is -0.468 e. The maximum atomic E-state index is 9.97. The van der Waals surface area contributed by atoms with Crippen molar-refractivity contribution in [1.82, 2.24) is 0 Å². The highest BCUT2D eigenvalue weighted by Gasteiger charge is 2.24. The van der Waals surface area contributed by atoms with Gasteiger partial charge in [-0.05, 0) is 17.8 Å². The first-order valence-corrected chi connectivity index (χ1v) is 4.60. The fourth-order valence-electron chi connectivity index (χ4n) is 1.30. The third-order valence-electron chi connectivity index (χ3n) is 2.64. The Bertz CT molecular complexity index is 130. The Morgan fingerprint density at radius 2 is 2.08 bits per heavy atom. The third-order valence-corrected chi connectivity index (χ3v) is 2.64. The molecular formula is C10H20O2. The summed E-state index contributed by atoms with van der Waals surface area (Å²) in [4.78, 5) is 9.97. The molecule has 0 rings (SSSR count). The molecule has 0 saturated carbocycles. The van der Waals surface area contributed by atoms with Gasteiger partial charge in [-0.2, -0.15) is 0 Å². The van der Waals surface area contributed by atoms with Crippen molar-refractivity contribution in [2.24, 2.45) is 11.3 Å². The van der Waals surface area contributed by atoms with Crippen LogP contribution in [0.1, 0.15) is 40.5 Å². The fourth-order valence-corrected chi connectivity index (χ4v) is 1.30. The van der Waals surface area contributed by atoms with Crippen molar-refractivity contribution < 1.29 is 9.53 Å². The Balaban J connectivity index is 3.86. The quantitative estimate of drug-likeness (QED) is 0.576. The van der Waals surface area contributed by atoms with Gasteiger partial charge in [0, 0.05) is 0 Å². The summed E-state index contributed by atoms with van der Waals surface area (Å²) < 4.78 is 4.75. The molecular weight excluding hydrogens is 152 g/mol. The predicted octanol–water partition coefficient (Wildman–Crippen LogP) is 2.62. The van der Waals surface area contributed by atoms with Crippen molar-refractivity contribution in [1.29, 1.82) is 0 Å². The summed E-state index contributed by atoms with van der Waals surface area (Å²) in [7, 11) is 0. The fraction of sp³-hybridized carbons (Fsp3) is 0.900. The van der Waals surface area contributed by atoms with E-state index in [0.717, 1.165) is 0 Å². The van der Waals surface area contributed by atoms with E-state index in [1.54, 1.807) is 0 Å². The summed E-state index contributed by atoms with van der Waals surface area (Å²) in [6.07, 6.45) is 2.36. The minimum absolute atomic E-state index is 0.276. The first-order chi connectivity index (χ1) is 5.54. The summed E-state index contributed by atoms with van der Waals surface area (Å²) in [6.45, 7) is 9.80. The van der Waals surface area contributed by atoms with E-state index in [-0.39, 0.29) is 5.41 Å². The molecule has 1 unspecified atom stereocenters. The zero-order chi connectivity index (χ0) is 9.61. The van der Waals surface area contributed by atoms with Crippen LogP contribution in [-0.4, -0.2) is 13.1 Å². The van der Waals surface area contributed by atoms with E-state index >= 15 is 0 Å². The number of hydrogen-bond acceptors (Lipinski definition) is 2. The van der Waals surface area contributed by atoms with Gasteiger partial charge in [0.2, 0.25) is 0 Å². The first-order valence-electron chi connectivity index (χ1n) is 4.60. The van der Waals surface area contributed by atoms with Gasteiger partial charge in [-0.25, -0.2) is 0 Å². The van der Waals surface area contributed by atoms with E-state index in [4.69, 9.17) is 4.74 Å². The normalized spacial score (nSPS) is 14.0. The molecule has 0 spiro atoms. The lowest BCUT2D eigenvalue weighted by Gasteiger charge is -2.30. The van der Waals surface area contributed by atoms with Crippen LogP contribution in [0.2, 0.25) is 0 Å². The molecule has 0 aromatic heterocycles. The number of ether oxygens (including phenoxy) is 1. The second kappa shape index (κ2) is 5.18. The average molecular weight is 172 g/mol. The smallest absolute Gasteiger partial charge is 0.293 e. The predicted molar refractivity (Wildman–Crippen MR) is 49.9 cm³/mol. The number of hydrogen-bond donors (Lipinski definition) is 0. The molecule has 2 nitrogen and oxygen atoms in total. The minimum atomic E-state index is 0.276. The van der Waals surface area contributed by atoms with Crippen LogP contribution in [0.5, 0.6) is 0 Å². The van der Waals surface area contributed by atoms with Crippen LogP contribution < -0.4 is 0 Å². The van der Waals surface area contributed by atoms with Gasteiger partial charge in [-0.1, -0.05) is 34.1 Å². The largest absolute Gasteiger partial charge is 0.468 e. The van der Waals surface area contributed by atoms with Gasteiger partial charge < -0.3 is 4.74 Å². The molecule has 0 aromatic carbocycles. The molecule has 0 N–H and O–H groups in total. The van der Waals surface area contributed by atoms with Crippen LogP contribution in [0.4, 0.5) is 0 Å². The zero-order valence-corrected chi connectivity index (χ0v) is 8.59. The monoisotopic (exact) mass is 172 g/mol. The summed E-state index contributed by atoms with van der Waals surface area (Å²) in [5.74, 6) is 0.433. The van der Waals surface area contributed by atoms with Gasteiger partial charge in [0.15, 0.2) is 0 Å². The molecule has 0 radical (unpaired) electrons. The van der Waals surface area contributed by atoms with Crippen molar-refractivity contribution in [3.8, 4) is 0 Å². The van der Waals surface area contributed by atoms with E-state index in [1.165, 1.54) is 12.8 Å². The Morgan fingerprint density at radius 1 is 1.50 bits per heavy atom. The van der Waals surface area contributed by atoms with Crippen molar-refractivity contribution >= 4 is 6.47 Å². The summed E-state index contributed by atoms with van der Waals surface area (Å²) >= 11 is 0. The van der Waals surface area contributed by atoms with E-state index in [2.05, 4.69) is 27.7 Å². The highest BCUT2D eigenvalue weighted by molar-refractivity contribution is 5.36. The molecule has 0 aliphatic rings. The Hall–Kier alpha value is -0.530. The number of rotatable bonds is 6. The average Bonchev–Trinajstić information content (AvgIpc) is 2.00. The topological polar surface area (TPSA) is 26.3 Å². The summed E-state index contributed by atoms with van der Waals surface area (Å²) in [6, 6.07) is 0. The van der Waals surface area contributed by atoms with Crippen LogP contribution in [0, 0.1) is 11.3 Å². The highest BCUT2D eigenvalue weighted by atomic mass is 16.5. The second-order valence-electron chi connectivity index (χ2n) is 4.07. The highest BCUT2D eigenvalue weighted by Crippen LogP contribution is 2.31. The molecule has 2 heteroatoms. The first kappa shape index (κ1) is 11.5. The molecule has 0 aliphatic carbocycles. The molecule has 0 fully saturated rings. The van der Waals surface area contributed by atoms with E-state index in [1.807, 2.05) is 0 Å². The summed E-state index contributed by atoms with van der Waals surface area (Å²) in [5, 5.41) is 0. The third kappa shape index (κ3) is 3.74. The molecule has 1 atom stereocenters. The SMILES string of the molecule is CCCC(C)(C)C(C)COC=O. The lowest BCUT2D eigenvalue weighted by atomic mass is 9.77. The van der Waals surface area contributed by atoms with Gasteiger partial charge in [0.1, 0.15) is 0 Å².